The minimum Gasteiger partial charge on any atom is -0.497 e. The monoisotopic (exact) mass is 281 g/mol. The van der Waals surface area contributed by atoms with Crippen molar-refractivity contribution in [1.29, 1.82) is 0 Å². The van der Waals surface area contributed by atoms with Crippen LogP contribution in [0.5, 0.6) is 11.5 Å². The summed E-state index contributed by atoms with van der Waals surface area (Å²) in [5.74, 6) is 1.49. The van der Waals surface area contributed by atoms with Crippen molar-refractivity contribution in [3.8, 4) is 11.5 Å². The van der Waals surface area contributed by atoms with Crippen LogP contribution in [0.15, 0.2) is 18.2 Å². The van der Waals surface area contributed by atoms with Gasteiger partial charge in [-0.25, -0.2) is 0 Å². The molecule has 2 atom stereocenters. The summed E-state index contributed by atoms with van der Waals surface area (Å²) in [7, 11) is 1.63. The number of aliphatic hydroxyl groups excluding tert-OH is 1. The van der Waals surface area contributed by atoms with Crippen molar-refractivity contribution in [3.63, 3.8) is 0 Å². The third-order valence-corrected chi connectivity index (χ3v) is 3.08. The lowest BCUT2D eigenvalue weighted by atomic mass is 10.1. The molecule has 0 aliphatic carbocycles. The van der Waals surface area contributed by atoms with Gasteiger partial charge in [-0.15, -0.1) is 0 Å². The zero-order chi connectivity index (χ0) is 15.3. The summed E-state index contributed by atoms with van der Waals surface area (Å²) >= 11 is 0. The molecule has 2 unspecified atom stereocenters. The summed E-state index contributed by atoms with van der Waals surface area (Å²) in [6.07, 6.45) is -0.792. The number of ether oxygens (including phenoxy) is 2. The van der Waals surface area contributed by atoms with E-state index in [2.05, 4.69) is 26.1 Å². The van der Waals surface area contributed by atoms with E-state index in [9.17, 15) is 5.11 Å². The van der Waals surface area contributed by atoms with Gasteiger partial charge in [-0.1, -0.05) is 6.07 Å². The highest BCUT2D eigenvalue weighted by molar-refractivity contribution is 5.41. The van der Waals surface area contributed by atoms with Gasteiger partial charge in [0.05, 0.1) is 13.2 Å². The van der Waals surface area contributed by atoms with Crippen LogP contribution in [0.3, 0.4) is 0 Å². The Morgan fingerprint density at radius 1 is 1.25 bits per heavy atom. The van der Waals surface area contributed by atoms with Gasteiger partial charge in [0.15, 0.2) is 0 Å². The Kier molecular flexibility index (Phi) is 5.84. The number of methoxy groups -OCH3 is 1. The molecule has 0 aromatic heterocycles. The quantitative estimate of drug-likeness (QED) is 0.842. The van der Waals surface area contributed by atoms with Gasteiger partial charge in [0.25, 0.3) is 0 Å². The molecular formula is C16H27NO3. The van der Waals surface area contributed by atoms with Gasteiger partial charge in [0, 0.05) is 23.7 Å². The first-order chi connectivity index (χ1) is 9.23. The van der Waals surface area contributed by atoms with Gasteiger partial charge in [-0.2, -0.15) is 0 Å². The van der Waals surface area contributed by atoms with Crippen molar-refractivity contribution in [1.82, 2.24) is 5.32 Å². The molecule has 1 rings (SSSR count). The molecule has 0 radical (unpaired) electrons. The molecule has 2 N–H and O–H groups in total. The molecule has 0 amide bonds. The topological polar surface area (TPSA) is 50.7 Å². The Balaban J connectivity index is 2.91. The largest absolute Gasteiger partial charge is 0.497 e. The summed E-state index contributed by atoms with van der Waals surface area (Å²) in [4.78, 5) is 0. The summed E-state index contributed by atoms with van der Waals surface area (Å²) in [6.45, 7) is 10.6. The lowest BCUT2D eigenvalue weighted by Crippen LogP contribution is -2.35. The normalized spacial score (nSPS) is 14.8. The van der Waals surface area contributed by atoms with Gasteiger partial charge in [0.2, 0.25) is 0 Å². The minimum absolute atomic E-state index is 0.0348. The zero-order valence-corrected chi connectivity index (χ0v) is 13.4. The van der Waals surface area contributed by atoms with E-state index in [-0.39, 0.29) is 11.6 Å². The Morgan fingerprint density at radius 2 is 1.90 bits per heavy atom. The van der Waals surface area contributed by atoms with Crippen LogP contribution in [0.1, 0.15) is 40.2 Å². The van der Waals surface area contributed by atoms with Crippen molar-refractivity contribution < 1.29 is 14.6 Å². The Hall–Kier alpha value is -1.26. The molecule has 0 spiro atoms. The Morgan fingerprint density at radius 3 is 2.40 bits per heavy atom. The lowest BCUT2D eigenvalue weighted by Gasteiger charge is -2.24. The van der Waals surface area contributed by atoms with Crippen LogP contribution in [-0.4, -0.2) is 30.0 Å². The van der Waals surface area contributed by atoms with E-state index in [1.807, 2.05) is 25.1 Å². The lowest BCUT2D eigenvalue weighted by molar-refractivity contribution is 0.0595. The predicted molar refractivity (Wildman–Crippen MR) is 81.4 cm³/mol. The molecule has 0 bridgehead atoms. The second-order valence-corrected chi connectivity index (χ2v) is 6.14. The standard InChI is InChI=1S/C16H27NO3/c1-11(18)12(2)20-15-9-14(19-6)8-7-13(15)10-17-16(3,4)5/h7-9,11-12,17-18H,10H2,1-6H3. The van der Waals surface area contributed by atoms with E-state index in [0.717, 1.165) is 17.1 Å². The molecule has 0 aliphatic heterocycles. The van der Waals surface area contributed by atoms with E-state index in [0.29, 0.717) is 6.54 Å². The van der Waals surface area contributed by atoms with Gasteiger partial charge in [-0.05, 0) is 40.7 Å². The van der Waals surface area contributed by atoms with Crippen molar-refractivity contribution in [2.24, 2.45) is 0 Å². The van der Waals surface area contributed by atoms with Crippen LogP contribution in [0.2, 0.25) is 0 Å². The maximum Gasteiger partial charge on any atom is 0.128 e. The number of benzene rings is 1. The SMILES string of the molecule is COc1ccc(CNC(C)(C)C)c(OC(C)C(C)O)c1. The smallest absolute Gasteiger partial charge is 0.128 e. The molecular weight excluding hydrogens is 254 g/mol. The summed E-state index contributed by atoms with van der Waals surface area (Å²) in [5.41, 5.74) is 1.08. The second kappa shape index (κ2) is 6.95. The second-order valence-electron chi connectivity index (χ2n) is 6.14. The highest BCUT2D eigenvalue weighted by Gasteiger charge is 2.15. The van der Waals surface area contributed by atoms with Crippen molar-refractivity contribution in [2.75, 3.05) is 7.11 Å². The van der Waals surface area contributed by atoms with Gasteiger partial charge < -0.3 is 19.9 Å². The van der Waals surface area contributed by atoms with Gasteiger partial charge in [0.1, 0.15) is 17.6 Å². The van der Waals surface area contributed by atoms with E-state index >= 15 is 0 Å². The van der Waals surface area contributed by atoms with Gasteiger partial charge in [-0.3, -0.25) is 0 Å². The predicted octanol–water partition coefficient (Wildman–Crippen LogP) is 2.73. The van der Waals surface area contributed by atoms with E-state index in [1.54, 1.807) is 14.0 Å². The van der Waals surface area contributed by atoms with Gasteiger partial charge >= 0.3 is 0 Å². The molecule has 1 aromatic carbocycles. The Bertz CT molecular complexity index is 424. The first kappa shape index (κ1) is 16.8. The Labute approximate surface area is 122 Å². The van der Waals surface area contributed by atoms with Crippen LogP contribution >= 0.6 is 0 Å². The molecule has 4 heteroatoms. The average molecular weight is 281 g/mol. The van der Waals surface area contributed by atoms with Crippen LogP contribution in [0.25, 0.3) is 0 Å². The van der Waals surface area contributed by atoms with Crippen LogP contribution < -0.4 is 14.8 Å². The number of hydrogen-bond donors (Lipinski definition) is 2. The average Bonchev–Trinajstić information content (AvgIpc) is 2.35. The number of hydrogen-bond acceptors (Lipinski definition) is 4. The van der Waals surface area contributed by atoms with Crippen molar-refractivity contribution in [2.45, 2.75) is 58.9 Å². The van der Waals surface area contributed by atoms with Crippen LogP contribution in [0.4, 0.5) is 0 Å². The minimum atomic E-state index is -0.523. The molecule has 114 valence electrons. The fourth-order valence-corrected chi connectivity index (χ4v) is 1.58. The number of rotatable bonds is 6. The van der Waals surface area contributed by atoms with Crippen LogP contribution in [0, 0.1) is 0 Å². The number of aliphatic hydroxyl groups is 1. The fraction of sp³-hybridized carbons (Fsp3) is 0.625. The number of nitrogens with one attached hydrogen (secondary N) is 1. The van der Waals surface area contributed by atoms with Crippen LogP contribution in [-0.2, 0) is 6.54 Å². The highest BCUT2D eigenvalue weighted by Crippen LogP contribution is 2.26. The van der Waals surface area contributed by atoms with E-state index in [4.69, 9.17) is 9.47 Å². The maximum atomic E-state index is 9.59. The maximum absolute atomic E-state index is 9.59. The first-order valence-electron chi connectivity index (χ1n) is 6.99. The molecule has 0 fully saturated rings. The van der Waals surface area contributed by atoms with E-state index in [1.165, 1.54) is 0 Å². The van der Waals surface area contributed by atoms with Crippen molar-refractivity contribution in [3.05, 3.63) is 23.8 Å². The molecule has 1 aromatic rings. The summed E-state index contributed by atoms with van der Waals surface area (Å²) in [6, 6.07) is 5.76. The zero-order valence-electron chi connectivity index (χ0n) is 13.4. The van der Waals surface area contributed by atoms with Crippen molar-refractivity contribution >= 4 is 0 Å². The molecule has 0 aliphatic rings. The third-order valence-electron chi connectivity index (χ3n) is 3.08. The van der Waals surface area contributed by atoms with E-state index < -0.39 is 6.10 Å². The molecule has 0 heterocycles. The molecule has 20 heavy (non-hydrogen) atoms. The first-order valence-corrected chi connectivity index (χ1v) is 6.99. The fourth-order valence-electron chi connectivity index (χ4n) is 1.58. The summed E-state index contributed by atoms with van der Waals surface area (Å²) in [5, 5.41) is 13.0. The molecule has 0 saturated heterocycles. The molecule has 4 nitrogen and oxygen atoms in total. The summed E-state index contributed by atoms with van der Waals surface area (Å²) < 4.78 is 11.1. The molecule has 0 saturated carbocycles. The highest BCUT2D eigenvalue weighted by atomic mass is 16.5. The third kappa shape index (κ3) is 5.39.